The molecule has 34 heavy (non-hydrogen) atoms. The van der Waals surface area contributed by atoms with Gasteiger partial charge in [0.1, 0.15) is 6.10 Å². The summed E-state index contributed by atoms with van der Waals surface area (Å²) in [4.78, 5) is 12.1. The standard InChI is InChI=1S/C32H54O2/c1-8-9-30(33)34-25-16-18-31(6)24(20-25)12-13-26-28-15-14-27(32(28,7)19-17-29(26)31)23(5)11-10-22(4)21(2)3/h12,21-23,25-29H,8-11,13-20H2,1-7H3/t22-,23-,25+,26+,27-,28+,29+,31+,32-/m1/s1. The van der Waals surface area contributed by atoms with Gasteiger partial charge in [0.05, 0.1) is 0 Å². The highest BCUT2D eigenvalue weighted by atomic mass is 16.5. The first kappa shape index (κ1) is 26.3. The number of fused-ring (bicyclic) bond motifs is 5. The lowest BCUT2D eigenvalue weighted by molar-refractivity contribution is -0.151. The van der Waals surface area contributed by atoms with Crippen LogP contribution in [-0.4, -0.2) is 12.1 Å². The second-order valence-corrected chi connectivity index (χ2v) is 13.9. The fourth-order valence-corrected chi connectivity index (χ4v) is 9.21. The van der Waals surface area contributed by atoms with Crippen molar-refractivity contribution in [2.75, 3.05) is 0 Å². The molecular weight excluding hydrogens is 416 g/mol. The molecule has 0 aliphatic heterocycles. The minimum absolute atomic E-state index is 0.00715. The van der Waals surface area contributed by atoms with E-state index in [0.717, 1.165) is 60.7 Å². The van der Waals surface area contributed by atoms with Gasteiger partial charge in [-0.05, 0) is 104 Å². The molecule has 194 valence electrons. The van der Waals surface area contributed by atoms with Crippen LogP contribution in [-0.2, 0) is 9.53 Å². The number of ether oxygens (including phenoxy) is 1. The van der Waals surface area contributed by atoms with E-state index in [1.54, 1.807) is 5.57 Å². The first-order valence-electron chi connectivity index (χ1n) is 15.0. The van der Waals surface area contributed by atoms with Crippen LogP contribution in [0.2, 0.25) is 0 Å². The number of carbonyl (C=O) groups is 1. The summed E-state index contributed by atoms with van der Waals surface area (Å²) >= 11 is 0. The minimum Gasteiger partial charge on any atom is -0.462 e. The quantitative estimate of drug-likeness (QED) is 0.261. The molecule has 0 spiro atoms. The molecule has 0 aromatic heterocycles. The average Bonchev–Trinajstić information content (AvgIpc) is 3.14. The van der Waals surface area contributed by atoms with Crippen molar-refractivity contribution in [2.45, 2.75) is 132 Å². The van der Waals surface area contributed by atoms with Gasteiger partial charge in [-0.25, -0.2) is 0 Å². The van der Waals surface area contributed by atoms with Gasteiger partial charge in [-0.2, -0.15) is 0 Å². The van der Waals surface area contributed by atoms with Crippen molar-refractivity contribution in [1.29, 1.82) is 0 Å². The summed E-state index contributed by atoms with van der Waals surface area (Å²) < 4.78 is 5.86. The van der Waals surface area contributed by atoms with E-state index in [1.807, 2.05) is 0 Å². The molecule has 4 aliphatic carbocycles. The Morgan fingerprint density at radius 3 is 2.50 bits per heavy atom. The highest BCUT2D eigenvalue weighted by Crippen LogP contribution is 2.67. The molecule has 0 aromatic rings. The number of carbonyl (C=O) groups excluding carboxylic acids is 1. The van der Waals surface area contributed by atoms with Gasteiger partial charge in [0.15, 0.2) is 0 Å². The van der Waals surface area contributed by atoms with Crippen LogP contribution in [0.1, 0.15) is 126 Å². The Balaban J connectivity index is 1.43. The topological polar surface area (TPSA) is 26.3 Å². The van der Waals surface area contributed by atoms with E-state index in [-0.39, 0.29) is 12.1 Å². The molecule has 9 atom stereocenters. The van der Waals surface area contributed by atoms with Crippen LogP contribution < -0.4 is 0 Å². The highest BCUT2D eigenvalue weighted by Gasteiger charge is 2.59. The molecule has 2 nitrogen and oxygen atoms in total. The molecule has 3 fully saturated rings. The number of esters is 1. The van der Waals surface area contributed by atoms with Gasteiger partial charge in [0.25, 0.3) is 0 Å². The predicted molar refractivity (Wildman–Crippen MR) is 142 cm³/mol. The average molecular weight is 471 g/mol. The molecule has 4 aliphatic rings. The van der Waals surface area contributed by atoms with Crippen molar-refractivity contribution < 1.29 is 9.53 Å². The van der Waals surface area contributed by atoms with Crippen LogP contribution in [0.4, 0.5) is 0 Å². The molecule has 3 saturated carbocycles. The van der Waals surface area contributed by atoms with Gasteiger partial charge in [0.2, 0.25) is 0 Å². The maximum Gasteiger partial charge on any atom is 0.306 e. The van der Waals surface area contributed by atoms with E-state index in [1.165, 1.54) is 51.4 Å². The molecule has 0 radical (unpaired) electrons. The zero-order valence-electron chi connectivity index (χ0n) is 23.5. The van der Waals surface area contributed by atoms with Crippen LogP contribution in [0.25, 0.3) is 0 Å². The van der Waals surface area contributed by atoms with Crippen molar-refractivity contribution in [3.63, 3.8) is 0 Å². The Bertz CT molecular complexity index is 752. The zero-order chi connectivity index (χ0) is 24.7. The molecule has 0 unspecified atom stereocenters. The van der Waals surface area contributed by atoms with Gasteiger partial charge in [0, 0.05) is 12.8 Å². The van der Waals surface area contributed by atoms with Crippen molar-refractivity contribution >= 4 is 5.97 Å². The lowest BCUT2D eigenvalue weighted by Gasteiger charge is -2.58. The number of allylic oxidation sites excluding steroid dienone is 1. The Hall–Kier alpha value is -0.790. The van der Waals surface area contributed by atoms with Crippen LogP contribution in [0.15, 0.2) is 11.6 Å². The summed E-state index contributed by atoms with van der Waals surface area (Å²) in [6.45, 7) is 17.1. The molecule has 0 heterocycles. The fraction of sp³-hybridized carbons (Fsp3) is 0.906. The maximum atomic E-state index is 12.1. The SMILES string of the molecule is CCCC(=O)O[C@H]1CC[C@@]2(C)C(=CC[C@H]3[C@@H]4CC[C@H]([C@H](C)CC[C@@H](C)C(C)C)[C@@]4(C)CC[C@@H]32)C1. The molecule has 0 bridgehead atoms. The maximum absolute atomic E-state index is 12.1. The summed E-state index contributed by atoms with van der Waals surface area (Å²) in [6, 6.07) is 0. The first-order chi connectivity index (χ1) is 16.1. The van der Waals surface area contributed by atoms with E-state index in [2.05, 4.69) is 54.5 Å². The van der Waals surface area contributed by atoms with Crippen LogP contribution in [0.3, 0.4) is 0 Å². The van der Waals surface area contributed by atoms with Crippen molar-refractivity contribution in [3.8, 4) is 0 Å². The van der Waals surface area contributed by atoms with Gasteiger partial charge in [-0.15, -0.1) is 0 Å². The number of hydrogen-bond acceptors (Lipinski definition) is 2. The van der Waals surface area contributed by atoms with Crippen molar-refractivity contribution in [2.24, 2.45) is 52.3 Å². The van der Waals surface area contributed by atoms with Crippen molar-refractivity contribution in [3.05, 3.63) is 11.6 Å². The van der Waals surface area contributed by atoms with Gasteiger partial charge < -0.3 is 4.74 Å². The summed E-state index contributed by atoms with van der Waals surface area (Å²) in [6.07, 6.45) is 17.3. The van der Waals surface area contributed by atoms with E-state index in [9.17, 15) is 4.79 Å². The lowest BCUT2D eigenvalue weighted by atomic mass is 9.47. The zero-order valence-corrected chi connectivity index (χ0v) is 23.5. The molecular formula is C32H54O2. The van der Waals surface area contributed by atoms with Crippen LogP contribution in [0, 0.1) is 52.3 Å². The predicted octanol–water partition coefficient (Wildman–Crippen LogP) is 8.99. The number of hydrogen-bond donors (Lipinski definition) is 0. The second-order valence-electron chi connectivity index (χ2n) is 13.9. The molecule has 0 aromatic carbocycles. The van der Waals surface area contributed by atoms with Crippen LogP contribution in [0.5, 0.6) is 0 Å². The van der Waals surface area contributed by atoms with Gasteiger partial charge in [-0.1, -0.05) is 73.0 Å². The molecule has 0 saturated heterocycles. The Morgan fingerprint density at radius 1 is 1.03 bits per heavy atom. The largest absolute Gasteiger partial charge is 0.462 e. The molecule has 0 N–H and O–H groups in total. The third kappa shape index (κ3) is 4.78. The molecule has 0 amide bonds. The summed E-state index contributed by atoms with van der Waals surface area (Å²) in [5.74, 6) is 6.08. The first-order valence-corrected chi connectivity index (χ1v) is 15.0. The van der Waals surface area contributed by atoms with E-state index >= 15 is 0 Å². The Morgan fingerprint density at radius 2 is 1.79 bits per heavy atom. The Labute approximate surface area is 211 Å². The third-order valence-corrected chi connectivity index (χ3v) is 11.8. The van der Waals surface area contributed by atoms with E-state index in [0.29, 0.717) is 17.3 Å². The fourth-order valence-electron chi connectivity index (χ4n) is 9.21. The second kappa shape index (κ2) is 10.3. The minimum atomic E-state index is 0.00715. The van der Waals surface area contributed by atoms with E-state index < -0.39 is 0 Å². The van der Waals surface area contributed by atoms with Crippen LogP contribution >= 0.6 is 0 Å². The van der Waals surface area contributed by atoms with Crippen molar-refractivity contribution in [1.82, 2.24) is 0 Å². The normalized spacial score (nSPS) is 41.2. The molecule has 2 heteroatoms. The smallest absolute Gasteiger partial charge is 0.306 e. The van der Waals surface area contributed by atoms with E-state index in [4.69, 9.17) is 4.74 Å². The summed E-state index contributed by atoms with van der Waals surface area (Å²) in [5, 5.41) is 0. The van der Waals surface area contributed by atoms with Gasteiger partial charge >= 0.3 is 5.97 Å². The van der Waals surface area contributed by atoms with Gasteiger partial charge in [-0.3, -0.25) is 4.79 Å². The molecule has 4 rings (SSSR count). The summed E-state index contributed by atoms with van der Waals surface area (Å²) in [7, 11) is 0. The number of rotatable bonds is 8. The highest BCUT2D eigenvalue weighted by molar-refractivity contribution is 5.69. The third-order valence-electron chi connectivity index (χ3n) is 11.8. The Kier molecular flexibility index (Phi) is 7.96. The lowest BCUT2D eigenvalue weighted by Crippen LogP contribution is -2.51. The monoisotopic (exact) mass is 470 g/mol. The summed E-state index contributed by atoms with van der Waals surface area (Å²) in [5.41, 5.74) is 2.52.